The van der Waals surface area contributed by atoms with Crippen molar-refractivity contribution in [2.24, 2.45) is 0 Å². The summed E-state index contributed by atoms with van der Waals surface area (Å²) in [5, 5.41) is 8.71. The van der Waals surface area contributed by atoms with Crippen LogP contribution in [-0.4, -0.2) is 0 Å². The van der Waals surface area contributed by atoms with Gasteiger partial charge in [0.25, 0.3) is 0 Å². The van der Waals surface area contributed by atoms with E-state index in [0.717, 1.165) is 16.5 Å². The molecule has 19 heavy (non-hydrogen) atoms. The SMILES string of the molecule is CC(Sc1ccc(C#N)cc1)c1ccc(F)c(F)c1. The lowest BCUT2D eigenvalue weighted by Gasteiger charge is -2.12. The number of nitriles is 1. The van der Waals surface area contributed by atoms with Gasteiger partial charge in [-0.3, -0.25) is 0 Å². The van der Waals surface area contributed by atoms with Gasteiger partial charge in [0.2, 0.25) is 0 Å². The van der Waals surface area contributed by atoms with Gasteiger partial charge in [0.15, 0.2) is 11.6 Å². The van der Waals surface area contributed by atoms with Crippen LogP contribution in [0.4, 0.5) is 8.78 Å². The summed E-state index contributed by atoms with van der Waals surface area (Å²) in [5.74, 6) is -1.66. The first-order valence-electron chi connectivity index (χ1n) is 5.72. The van der Waals surface area contributed by atoms with Gasteiger partial charge in [-0.25, -0.2) is 8.78 Å². The molecule has 2 aromatic carbocycles. The Kier molecular flexibility index (Phi) is 4.18. The molecule has 1 nitrogen and oxygen atoms in total. The first-order valence-corrected chi connectivity index (χ1v) is 6.60. The van der Waals surface area contributed by atoms with Gasteiger partial charge in [0.05, 0.1) is 11.6 Å². The normalized spacial score (nSPS) is 11.9. The number of hydrogen-bond donors (Lipinski definition) is 0. The molecule has 1 unspecified atom stereocenters. The second kappa shape index (κ2) is 5.85. The molecular weight excluding hydrogens is 264 g/mol. The molecule has 4 heteroatoms. The lowest BCUT2D eigenvalue weighted by molar-refractivity contribution is 0.507. The topological polar surface area (TPSA) is 23.8 Å². The molecule has 0 amide bonds. The first-order chi connectivity index (χ1) is 9.10. The molecule has 1 atom stereocenters. The van der Waals surface area contributed by atoms with E-state index in [1.54, 1.807) is 18.2 Å². The minimum Gasteiger partial charge on any atom is -0.204 e. The zero-order chi connectivity index (χ0) is 13.8. The summed E-state index contributed by atoms with van der Waals surface area (Å²) in [5.41, 5.74) is 1.33. The number of rotatable bonds is 3. The van der Waals surface area contributed by atoms with Crippen molar-refractivity contribution in [1.82, 2.24) is 0 Å². The lowest BCUT2D eigenvalue weighted by atomic mass is 10.1. The smallest absolute Gasteiger partial charge is 0.159 e. The summed E-state index contributed by atoms with van der Waals surface area (Å²) in [4.78, 5) is 0.983. The molecule has 0 saturated carbocycles. The quantitative estimate of drug-likeness (QED) is 0.759. The molecular formula is C15H11F2NS. The molecule has 0 aliphatic heterocycles. The Morgan fingerprint density at radius 1 is 1.05 bits per heavy atom. The van der Waals surface area contributed by atoms with Crippen molar-refractivity contribution < 1.29 is 8.78 Å². The number of halogens is 2. The maximum absolute atomic E-state index is 13.2. The van der Waals surface area contributed by atoms with Crippen LogP contribution < -0.4 is 0 Å². The van der Waals surface area contributed by atoms with Crippen molar-refractivity contribution in [2.75, 3.05) is 0 Å². The fraction of sp³-hybridized carbons (Fsp3) is 0.133. The highest BCUT2D eigenvalue weighted by Gasteiger charge is 2.10. The average molecular weight is 275 g/mol. The maximum atomic E-state index is 13.2. The van der Waals surface area contributed by atoms with Crippen molar-refractivity contribution in [3.63, 3.8) is 0 Å². The number of nitrogens with zero attached hydrogens (tertiary/aromatic N) is 1. The largest absolute Gasteiger partial charge is 0.204 e. The van der Waals surface area contributed by atoms with Gasteiger partial charge in [-0.1, -0.05) is 6.07 Å². The van der Waals surface area contributed by atoms with E-state index in [0.29, 0.717) is 5.56 Å². The second-order valence-electron chi connectivity index (χ2n) is 4.07. The van der Waals surface area contributed by atoms with E-state index in [9.17, 15) is 8.78 Å². The maximum Gasteiger partial charge on any atom is 0.159 e. The summed E-state index contributed by atoms with van der Waals surface area (Å²) in [6, 6.07) is 13.2. The van der Waals surface area contributed by atoms with Crippen LogP contribution in [-0.2, 0) is 0 Å². The Hall–Kier alpha value is -1.86. The standard InChI is InChI=1S/C15H11F2NS/c1-10(12-4-7-14(16)15(17)8-12)19-13-5-2-11(9-18)3-6-13/h2-8,10H,1H3. The van der Waals surface area contributed by atoms with E-state index in [1.165, 1.54) is 17.8 Å². The minimum absolute atomic E-state index is 0.00281. The third-order valence-electron chi connectivity index (χ3n) is 2.71. The summed E-state index contributed by atoms with van der Waals surface area (Å²) in [7, 11) is 0. The molecule has 0 spiro atoms. The summed E-state index contributed by atoms with van der Waals surface area (Å²) in [6.45, 7) is 1.93. The van der Waals surface area contributed by atoms with Crippen LogP contribution in [0.3, 0.4) is 0 Å². The molecule has 0 heterocycles. The van der Waals surface area contributed by atoms with Gasteiger partial charge in [-0.15, -0.1) is 11.8 Å². The van der Waals surface area contributed by atoms with Crippen LogP contribution in [0, 0.1) is 23.0 Å². The van der Waals surface area contributed by atoms with Gasteiger partial charge in [0.1, 0.15) is 0 Å². The highest BCUT2D eigenvalue weighted by molar-refractivity contribution is 7.99. The summed E-state index contributed by atoms with van der Waals surface area (Å²) >= 11 is 1.53. The third-order valence-corrected chi connectivity index (χ3v) is 3.88. The molecule has 0 aliphatic carbocycles. The van der Waals surface area contributed by atoms with Gasteiger partial charge in [-0.05, 0) is 48.9 Å². The third kappa shape index (κ3) is 3.33. The zero-order valence-corrected chi connectivity index (χ0v) is 11.0. The van der Waals surface area contributed by atoms with Gasteiger partial charge >= 0.3 is 0 Å². The van der Waals surface area contributed by atoms with E-state index in [2.05, 4.69) is 6.07 Å². The van der Waals surface area contributed by atoms with E-state index < -0.39 is 11.6 Å². The van der Waals surface area contributed by atoms with Crippen molar-refractivity contribution in [1.29, 1.82) is 5.26 Å². The van der Waals surface area contributed by atoms with Crippen molar-refractivity contribution in [3.8, 4) is 6.07 Å². The van der Waals surface area contributed by atoms with Crippen LogP contribution >= 0.6 is 11.8 Å². The second-order valence-corrected chi connectivity index (χ2v) is 5.48. The van der Waals surface area contributed by atoms with Gasteiger partial charge in [0, 0.05) is 10.1 Å². The average Bonchev–Trinajstić information content (AvgIpc) is 2.42. The molecule has 0 bridgehead atoms. The fourth-order valence-corrected chi connectivity index (χ4v) is 2.63. The van der Waals surface area contributed by atoms with Crippen LogP contribution in [0.25, 0.3) is 0 Å². The van der Waals surface area contributed by atoms with Crippen LogP contribution in [0.15, 0.2) is 47.4 Å². The molecule has 0 aromatic heterocycles. The Balaban J connectivity index is 2.13. The Morgan fingerprint density at radius 3 is 2.32 bits per heavy atom. The van der Waals surface area contributed by atoms with Crippen LogP contribution in [0.5, 0.6) is 0 Å². The molecule has 0 saturated heterocycles. The molecule has 0 radical (unpaired) electrons. The Labute approximate surface area is 114 Å². The van der Waals surface area contributed by atoms with Crippen molar-refractivity contribution in [2.45, 2.75) is 17.1 Å². The molecule has 0 fully saturated rings. The zero-order valence-electron chi connectivity index (χ0n) is 10.2. The molecule has 2 rings (SSSR count). The van der Waals surface area contributed by atoms with E-state index in [1.807, 2.05) is 19.1 Å². The van der Waals surface area contributed by atoms with Crippen molar-refractivity contribution >= 4 is 11.8 Å². The highest BCUT2D eigenvalue weighted by Crippen LogP contribution is 2.35. The lowest BCUT2D eigenvalue weighted by Crippen LogP contribution is -1.92. The highest BCUT2D eigenvalue weighted by atomic mass is 32.2. The molecule has 0 N–H and O–H groups in total. The summed E-state index contributed by atoms with van der Waals surface area (Å²) < 4.78 is 26.0. The predicted molar refractivity (Wildman–Crippen MR) is 71.8 cm³/mol. The monoisotopic (exact) mass is 275 g/mol. The van der Waals surface area contributed by atoms with Gasteiger partial charge in [-0.2, -0.15) is 5.26 Å². The Bertz CT molecular complexity index is 617. The minimum atomic E-state index is -0.834. The Morgan fingerprint density at radius 2 is 1.74 bits per heavy atom. The molecule has 0 aliphatic rings. The number of hydrogen-bond acceptors (Lipinski definition) is 2. The van der Waals surface area contributed by atoms with Crippen LogP contribution in [0.1, 0.15) is 23.3 Å². The van der Waals surface area contributed by atoms with Crippen LogP contribution in [0.2, 0.25) is 0 Å². The molecule has 2 aromatic rings. The number of thioether (sulfide) groups is 1. The number of benzene rings is 2. The van der Waals surface area contributed by atoms with Gasteiger partial charge < -0.3 is 0 Å². The van der Waals surface area contributed by atoms with E-state index in [-0.39, 0.29) is 5.25 Å². The summed E-state index contributed by atoms with van der Waals surface area (Å²) in [6.07, 6.45) is 0. The predicted octanol–water partition coefficient (Wildman–Crippen LogP) is 4.69. The van der Waals surface area contributed by atoms with E-state index in [4.69, 9.17) is 5.26 Å². The van der Waals surface area contributed by atoms with E-state index >= 15 is 0 Å². The first kappa shape index (κ1) is 13.6. The van der Waals surface area contributed by atoms with Crippen molar-refractivity contribution in [3.05, 3.63) is 65.2 Å². The fourth-order valence-electron chi connectivity index (χ4n) is 1.65. The molecule has 96 valence electrons.